The molecule has 0 aliphatic heterocycles. The summed E-state index contributed by atoms with van der Waals surface area (Å²) in [6.07, 6.45) is 2.37. The van der Waals surface area contributed by atoms with Crippen molar-refractivity contribution in [1.82, 2.24) is 5.32 Å². The van der Waals surface area contributed by atoms with Crippen LogP contribution in [0.15, 0.2) is 0 Å². The van der Waals surface area contributed by atoms with Gasteiger partial charge in [-0.2, -0.15) is 0 Å². The summed E-state index contributed by atoms with van der Waals surface area (Å²) < 4.78 is 0. The Labute approximate surface area is 63.6 Å². The van der Waals surface area contributed by atoms with Gasteiger partial charge in [0.05, 0.1) is 0 Å². The minimum Gasteiger partial charge on any atom is -0.372 e. The van der Waals surface area contributed by atoms with E-state index in [1.807, 2.05) is 0 Å². The number of hydrogen-bond acceptors (Lipinski definition) is 2. The molecule has 0 spiro atoms. The maximum absolute atomic E-state index is 8.96. The maximum atomic E-state index is 8.96. The van der Waals surface area contributed by atoms with Gasteiger partial charge in [-0.25, -0.2) is 0 Å². The smallest absolute Gasteiger partial charge is 0.155 e. The molecule has 0 bridgehead atoms. The van der Waals surface area contributed by atoms with Gasteiger partial charge >= 0.3 is 0 Å². The van der Waals surface area contributed by atoms with Crippen LogP contribution in [-0.2, 0) is 0 Å². The van der Waals surface area contributed by atoms with Crippen molar-refractivity contribution in [3.8, 4) is 0 Å². The maximum Gasteiger partial charge on any atom is 0.155 e. The van der Waals surface area contributed by atoms with Crippen LogP contribution in [0.25, 0.3) is 0 Å². The molecule has 0 atom stereocenters. The Morgan fingerprint density at radius 1 is 1.40 bits per heavy atom. The first kappa shape index (κ1) is 9.92. The van der Waals surface area contributed by atoms with Gasteiger partial charge in [-0.05, 0) is 26.7 Å². The predicted octanol–water partition coefficient (Wildman–Crippen LogP) is 2.04. The highest BCUT2D eigenvalue weighted by Crippen LogP contribution is 2.14. The van der Waals surface area contributed by atoms with Crippen LogP contribution in [-0.4, -0.2) is 10.6 Å². The van der Waals surface area contributed by atoms with E-state index in [0.717, 1.165) is 12.8 Å². The lowest BCUT2D eigenvalue weighted by molar-refractivity contribution is 0.202. The lowest BCUT2D eigenvalue weighted by Crippen LogP contribution is -2.42. The quantitative estimate of drug-likeness (QED) is 0.632. The average Bonchev–Trinajstić information content (AvgIpc) is 1.87. The highest BCUT2D eigenvalue weighted by atomic mass is 16.3. The number of hydrogen-bond donors (Lipinski definition) is 2. The molecule has 0 rings (SSSR count). The highest BCUT2D eigenvalue weighted by Gasteiger charge is 2.20. The second-order valence-electron chi connectivity index (χ2n) is 2.98. The SMILES string of the molecule is CCC(C)(CC)N[C](C)O. The average molecular weight is 144 g/mol. The fourth-order valence-electron chi connectivity index (χ4n) is 0.864. The Balaban J connectivity index is 3.80. The third-order valence-electron chi connectivity index (χ3n) is 2.04. The molecule has 1 radical (unpaired) electrons. The Morgan fingerprint density at radius 2 is 1.80 bits per heavy atom. The lowest BCUT2D eigenvalue weighted by atomic mass is 9.95. The van der Waals surface area contributed by atoms with E-state index in [1.165, 1.54) is 0 Å². The Morgan fingerprint density at radius 3 is 1.90 bits per heavy atom. The summed E-state index contributed by atoms with van der Waals surface area (Å²) in [6, 6.07) is 0. The molecule has 0 unspecified atom stereocenters. The van der Waals surface area contributed by atoms with Crippen molar-refractivity contribution < 1.29 is 5.11 Å². The van der Waals surface area contributed by atoms with E-state index in [9.17, 15) is 0 Å². The van der Waals surface area contributed by atoms with Gasteiger partial charge in [-0.3, -0.25) is 5.32 Å². The lowest BCUT2D eigenvalue weighted by Gasteiger charge is -2.29. The second-order valence-corrected chi connectivity index (χ2v) is 2.98. The van der Waals surface area contributed by atoms with Gasteiger partial charge in [0.15, 0.2) is 6.23 Å². The van der Waals surface area contributed by atoms with Gasteiger partial charge in [0.1, 0.15) is 0 Å². The highest BCUT2D eigenvalue weighted by molar-refractivity contribution is 4.84. The molecule has 61 valence electrons. The van der Waals surface area contributed by atoms with Crippen LogP contribution < -0.4 is 5.32 Å². The molecule has 0 aromatic heterocycles. The van der Waals surface area contributed by atoms with Crippen molar-refractivity contribution >= 4 is 0 Å². The monoisotopic (exact) mass is 144 g/mol. The molecule has 0 aliphatic rings. The van der Waals surface area contributed by atoms with E-state index < -0.39 is 0 Å². The van der Waals surface area contributed by atoms with Crippen molar-refractivity contribution in [2.75, 3.05) is 0 Å². The van der Waals surface area contributed by atoms with Crippen LogP contribution >= 0.6 is 0 Å². The molecule has 2 heteroatoms. The van der Waals surface area contributed by atoms with Crippen LogP contribution in [0.4, 0.5) is 0 Å². The van der Waals surface area contributed by atoms with E-state index in [-0.39, 0.29) is 5.54 Å². The molecule has 0 heterocycles. The summed E-state index contributed by atoms with van der Waals surface area (Å²) in [5.74, 6) is 0. The fraction of sp³-hybridized carbons (Fsp3) is 0.875. The van der Waals surface area contributed by atoms with E-state index in [1.54, 1.807) is 6.92 Å². The first-order valence-corrected chi connectivity index (χ1v) is 3.84. The summed E-state index contributed by atoms with van der Waals surface area (Å²) in [4.78, 5) is 0. The first-order valence-electron chi connectivity index (χ1n) is 3.84. The molecule has 0 saturated carbocycles. The summed E-state index contributed by atoms with van der Waals surface area (Å²) in [7, 11) is 0. The zero-order valence-electron chi connectivity index (χ0n) is 7.36. The molecule has 0 aliphatic carbocycles. The molecule has 0 amide bonds. The zero-order chi connectivity index (χ0) is 8.20. The van der Waals surface area contributed by atoms with Crippen molar-refractivity contribution in [3.63, 3.8) is 0 Å². The van der Waals surface area contributed by atoms with E-state index in [0.29, 0.717) is 6.23 Å². The van der Waals surface area contributed by atoms with Gasteiger partial charge in [0.25, 0.3) is 0 Å². The molecular weight excluding hydrogens is 126 g/mol. The second kappa shape index (κ2) is 3.94. The van der Waals surface area contributed by atoms with Crippen LogP contribution in [0.2, 0.25) is 0 Å². The summed E-state index contributed by atoms with van der Waals surface area (Å²) in [5, 5.41) is 12.0. The van der Waals surface area contributed by atoms with Crippen LogP contribution in [0.5, 0.6) is 0 Å². The third kappa shape index (κ3) is 3.18. The number of aliphatic hydroxyl groups excluding tert-OH is 1. The van der Waals surface area contributed by atoms with Gasteiger partial charge in [-0.1, -0.05) is 13.8 Å². The minimum absolute atomic E-state index is 0.0683. The topological polar surface area (TPSA) is 32.3 Å². The fourth-order valence-corrected chi connectivity index (χ4v) is 0.864. The van der Waals surface area contributed by atoms with Crippen LogP contribution in [0.3, 0.4) is 0 Å². The van der Waals surface area contributed by atoms with Crippen molar-refractivity contribution in [1.29, 1.82) is 0 Å². The van der Waals surface area contributed by atoms with Crippen LogP contribution in [0, 0.1) is 6.23 Å². The Hall–Kier alpha value is -0.0800. The van der Waals surface area contributed by atoms with Crippen molar-refractivity contribution in [2.24, 2.45) is 0 Å². The standard InChI is InChI=1S/C8H18NO/c1-5-8(4,6-2)9-7(3)10/h9-10H,5-6H2,1-4H3. The molecule has 0 aromatic rings. The largest absolute Gasteiger partial charge is 0.372 e. The third-order valence-corrected chi connectivity index (χ3v) is 2.04. The van der Waals surface area contributed by atoms with Crippen molar-refractivity contribution in [3.05, 3.63) is 6.23 Å². The van der Waals surface area contributed by atoms with E-state index in [2.05, 4.69) is 26.1 Å². The molecular formula is C8H18NO. The molecule has 0 saturated heterocycles. The molecule has 2 N–H and O–H groups in total. The summed E-state index contributed by atoms with van der Waals surface area (Å²) >= 11 is 0. The van der Waals surface area contributed by atoms with Gasteiger partial charge in [0.2, 0.25) is 0 Å². The van der Waals surface area contributed by atoms with Crippen LogP contribution in [0.1, 0.15) is 40.5 Å². The zero-order valence-corrected chi connectivity index (χ0v) is 7.36. The Bertz CT molecular complexity index is 87.3. The number of rotatable bonds is 4. The summed E-state index contributed by atoms with van der Waals surface area (Å²) in [6.45, 7) is 8.00. The number of aliphatic hydroxyl groups is 1. The number of nitrogens with one attached hydrogen (secondary N) is 1. The minimum atomic E-state index is 0.0683. The van der Waals surface area contributed by atoms with E-state index >= 15 is 0 Å². The van der Waals surface area contributed by atoms with E-state index in [4.69, 9.17) is 5.11 Å². The van der Waals surface area contributed by atoms with Crippen molar-refractivity contribution in [2.45, 2.75) is 46.1 Å². The molecule has 2 nitrogen and oxygen atoms in total. The van der Waals surface area contributed by atoms with Gasteiger partial charge in [-0.15, -0.1) is 0 Å². The molecule has 0 aromatic carbocycles. The Kier molecular flexibility index (Phi) is 3.91. The summed E-state index contributed by atoms with van der Waals surface area (Å²) in [5.41, 5.74) is 0.0683. The first-order chi connectivity index (χ1) is 4.54. The van der Waals surface area contributed by atoms with Gasteiger partial charge in [0, 0.05) is 5.54 Å². The predicted molar refractivity (Wildman–Crippen MR) is 43.0 cm³/mol. The molecule has 10 heavy (non-hydrogen) atoms. The molecule has 0 fully saturated rings. The van der Waals surface area contributed by atoms with Gasteiger partial charge < -0.3 is 5.11 Å². The normalized spacial score (nSPS) is 12.6.